The maximum absolute atomic E-state index is 14.2. The van der Waals surface area contributed by atoms with Crippen LogP contribution in [0.15, 0.2) is 60.7 Å². The fourth-order valence-corrected chi connectivity index (χ4v) is 8.76. The molecule has 0 fully saturated rings. The second-order valence-corrected chi connectivity index (χ2v) is 19.8. The molecule has 9 atom stereocenters. The minimum absolute atomic E-state index is 0.0734. The molecular formula is C47H66N10O17S2. The lowest BCUT2D eigenvalue weighted by Gasteiger charge is -2.27. The van der Waals surface area contributed by atoms with Crippen molar-refractivity contribution in [3.8, 4) is 0 Å². The number of urea groups is 1. The van der Waals surface area contributed by atoms with E-state index in [1.54, 1.807) is 67.6 Å². The molecule has 0 saturated heterocycles. The van der Waals surface area contributed by atoms with Crippen LogP contribution < -0.4 is 54.0 Å². The minimum atomic E-state index is -1.68. The van der Waals surface area contributed by atoms with Crippen LogP contribution in [0.1, 0.15) is 64.0 Å². The molecule has 0 spiro atoms. The van der Waals surface area contributed by atoms with E-state index in [2.05, 4.69) is 36.6 Å². The van der Waals surface area contributed by atoms with Gasteiger partial charge in [0, 0.05) is 55.8 Å². The third kappa shape index (κ3) is 26.0. The first-order valence-electron chi connectivity index (χ1n) is 23.6. The molecular weight excluding hydrogens is 1040 g/mol. The molecule has 0 aliphatic heterocycles. The van der Waals surface area contributed by atoms with Crippen LogP contribution >= 0.6 is 21.6 Å². The highest BCUT2D eigenvalue weighted by Gasteiger charge is 2.33. The number of nitrogens with one attached hydrogen (secondary N) is 8. The fourth-order valence-electron chi connectivity index (χ4n) is 6.65. The largest absolute Gasteiger partial charge is 0.481 e. The minimum Gasteiger partial charge on any atom is -0.481 e. The molecule has 0 bridgehead atoms. The lowest BCUT2D eigenvalue weighted by molar-refractivity contribution is -0.141. The van der Waals surface area contributed by atoms with Gasteiger partial charge in [0.2, 0.25) is 35.4 Å². The molecule has 0 radical (unpaired) electrons. The highest BCUT2D eigenvalue weighted by atomic mass is 33.1. The molecule has 0 aliphatic carbocycles. The average Bonchev–Trinajstić information content (AvgIpc) is 3.35. The van der Waals surface area contributed by atoms with Crippen LogP contribution in [0, 0.1) is 5.92 Å². The molecule has 418 valence electrons. The number of benzene rings is 2. The standard InChI is InChI=1S/C47H66N10O17S2/c1-25(24-76-75-19-18-74-46(49)72)51-42(66)35(22-38(61)62)54-40(64)30(48)23-50-41(65)33(20-28-10-6-4-7-11-28)55-43(67)34(21-29-12-8-5-9-13-29)53-39(63)26(2)27(3)52-36(58)16-14-31(44(68)69)56-47(73)57-32(45(70)71)15-17-37(59)60/h4-13,25-27,30-35H,14-24,48H2,1-3H3,(H2,49,72)(H,50,65)(H,51,66)(H,52,58)(H,53,63)(H,54,64)(H,55,67)(H,59,60)(H,61,62)(H,68,69)(H,70,71)(H2,56,57,73)/t25-,26?,27?,30-,31-,32-,33-,34-,35-/m0/s1. The van der Waals surface area contributed by atoms with Crippen molar-refractivity contribution in [2.24, 2.45) is 17.4 Å². The average molecular weight is 1110 g/mol. The molecule has 2 unspecified atom stereocenters. The number of carboxylic acid groups (broad SMARTS) is 4. The first-order valence-corrected chi connectivity index (χ1v) is 26.1. The Kier molecular flexibility index (Phi) is 28.8. The summed E-state index contributed by atoms with van der Waals surface area (Å²) in [5.74, 6) is -10.9. The Bertz CT molecular complexity index is 2320. The SMILES string of the molecule is CC(NC(=O)CC[C@H](NC(=O)N[C@@H](CCC(=O)O)C(=O)O)C(=O)O)C(C)C(=O)N[C@@H](Cc1ccccc1)C(=O)N[C@@H](Cc1ccccc1)C(=O)NC[C@H](N)C(=O)N[C@@H](CC(=O)O)C(=O)N[C@@H](C)CSSCCOC(N)=O. The van der Waals surface area contributed by atoms with E-state index in [9.17, 15) is 72.9 Å². The van der Waals surface area contributed by atoms with Crippen LogP contribution in [0.5, 0.6) is 0 Å². The maximum atomic E-state index is 14.2. The molecule has 27 nitrogen and oxygen atoms in total. The molecule has 0 aromatic heterocycles. The molecule has 9 amide bonds. The van der Waals surface area contributed by atoms with Crippen molar-refractivity contribution in [3.63, 3.8) is 0 Å². The summed E-state index contributed by atoms with van der Waals surface area (Å²) in [6.07, 6.45) is -3.91. The van der Waals surface area contributed by atoms with E-state index >= 15 is 0 Å². The number of nitrogens with two attached hydrogens (primary N) is 2. The van der Waals surface area contributed by atoms with E-state index in [4.69, 9.17) is 16.6 Å². The van der Waals surface area contributed by atoms with Crippen LogP contribution in [0.25, 0.3) is 0 Å². The number of hydrogen-bond acceptors (Lipinski definition) is 16. The van der Waals surface area contributed by atoms with E-state index in [0.29, 0.717) is 22.6 Å². The van der Waals surface area contributed by atoms with Gasteiger partial charge in [0.15, 0.2) is 0 Å². The summed E-state index contributed by atoms with van der Waals surface area (Å²) in [7, 11) is 2.67. The van der Waals surface area contributed by atoms with Gasteiger partial charge in [-0.1, -0.05) is 89.2 Å². The Balaban J connectivity index is 2.16. The monoisotopic (exact) mass is 1110 g/mol. The van der Waals surface area contributed by atoms with Gasteiger partial charge >= 0.3 is 36.0 Å². The van der Waals surface area contributed by atoms with Gasteiger partial charge in [0.05, 0.1) is 12.3 Å². The number of carbonyl (C=O) groups is 12. The van der Waals surface area contributed by atoms with Crippen molar-refractivity contribution in [3.05, 3.63) is 71.8 Å². The van der Waals surface area contributed by atoms with Crippen LogP contribution in [0.2, 0.25) is 0 Å². The highest BCUT2D eigenvalue weighted by Crippen LogP contribution is 2.21. The predicted molar refractivity (Wildman–Crippen MR) is 275 cm³/mol. The Labute approximate surface area is 444 Å². The van der Waals surface area contributed by atoms with E-state index < -0.39 is 164 Å². The van der Waals surface area contributed by atoms with Crippen molar-refractivity contribution in [1.29, 1.82) is 0 Å². The zero-order valence-electron chi connectivity index (χ0n) is 41.8. The second kappa shape index (κ2) is 34.0. The van der Waals surface area contributed by atoms with Crippen molar-refractivity contribution in [2.45, 2.75) is 114 Å². The number of primary amides is 1. The summed E-state index contributed by atoms with van der Waals surface area (Å²) in [5.41, 5.74) is 12.2. The summed E-state index contributed by atoms with van der Waals surface area (Å²) in [6, 6.07) is 5.37. The maximum Gasteiger partial charge on any atom is 0.404 e. The third-order valence-electron chi connectivity index (χ3n) is 10.9. The van der Waals surface area contributed by atoms with E-state index in [-0.39, 0.29) is 19.4 Å². The third-order valence-corrected chi connectivity index (χ3v) is 13.5. The van der Waals surface area contributed by atoms with Crippen molar-refractivity contribution in [1.82, 2.24) is 42.5 Å². The molecule has 29 heteroatoms. The van der Waals surface area contributed by atoms with Gasteiger partial charge < -0.3 is 79.2 Å². The van der Waals surface area contributed by atoms with Gasteiger partial charge in [-0.15, -0.1) is 0 Å². The molecule has 2 aromatic rings. The first-order chi connectivity index (χ1) is 35.9. The van der Waals surface area contributed by atoms with Gasteiger partial charge in [-0.05, 0) is 37.8 Å². The Hall–Kier alpha value is -7.66. The molecule has 76 heavy (non-hydrogen) atoms. The zero-order valence-corrected chi connectivity index (χ0v) is 43.4. The molecule has 0 aliphatic rings. The van der Waals surface area contributed by atoms with Gasteiger partial charge in [-0.25, -0.2) is 19.2 Å². The normalized spacial score (nSPS) is 14.4. The number of amides is 9. The van der Waals surface area contributed by atoms with E-state index in [1.165, 1.54) is 35.4 Å². The number of carboxylic acids is 4. The topological polar surface area (TPSA) is 443 Å². The van der Waals surface area contributed by atoms with Gasteiger partial charge in [-0.3, -0.25) is 38.4 Å². The molecule has 2 rings (SSSR count). The lowest BCUT2D eigenvalue weighted by atomic mass is 9.99. The summed E-state index contributed by atoms with van der Waals surface area (Å²) in [4.78, 5) is 150. The predicted octanol–water partition coefficient (Wildman–Crippen LogP) is -1.18. The summed E-state index contributed by atoms with van der Waals surface area (Å²) < 4.78 is 4.65. The van der Waals surface area contributed by atoms with Crippen LogP contribution in [0.4, 0.5) is 9.59 Å². The van der Waals surface area contributed by atoms with Gasteiger partial charge in [-0.2, -0.15) is 0 Å². The zero-order chi connectivity index (χ0) is 56.9. The van der Waals surface area contributed by atoms with Crippen LogP contribution in [0.3, 0.4) is 0 Å². The summed E-state index contributed by atoms with van der Waals surface area (Å²) in [6.45, 7) is 4.12. The molecule has 2 aromatic carbocycles. The van der Waals surface area contributed by atoms with Crippen molar-refractivity contribution in [2.75, 3.05) is 24.7 Å². The van der Waals surface area contributed by atoms with Crippen molar-refractivity contribution >= 4 is 93.0 Å². The fraction of sp³-hybridized carbons (Fsp3) is 0.489. The number of ether oxygens (including phenoxy) is 1. The lowest BCUT2D eigenvalue weighted by Crippen LogP contribution is -2.58. The van der Waals surface area contributed by atoms with Gasteiger partial charge in [0.1, 0.15) is 42.9 Å². The van der Waals surface area contributed by atoms with Gasteiger partial charge in [0.25, 0.3) is 0 Å². The smallest absolute Gasteiger partial charge is 0.404 e. The number of hydrogen-bond donors (Lipinski definition) is 14. The Morgan fingerprint density at radius 3 is 1.58 bits per heavy atom. The summed E-state index contributed by atoms with van der Waals surface area (Å²) in [5, 5.41) is 56.7. The second-order valence-electron chi connectivity index (χ2n) is 17.2. The highest BCUT2D eigenvalue weighted by molar-refractivity contribution is 8.76. The molecule has 0 heterocycles. The van der Waals surface area contributed by atoms with Crippen LogP contribution in [-0.4, -0.2) is 165 Å². The van der Waals surface area contributed by atoms with E-state index in [0.717, 1.165) is 0 Å². The molecule has 0 saturated carbocycles. The van der Waals surface area contributed by atoms with E-state index in [1.807, 2.05) is 10.6 Å². The Morgan fingerprint density at radius 1 is 0.566 bits per heavy atom. The summed E-state index contributed by atoms with van der Waals surface area (Å²) >= 11 is 0. The van der Waals surface area contributed by atoms with Crippen LogP contribution in [-0.2, 0) is 65.5 Å². The first kappa shape index (κ1) is 64.5. The quantitative estimate of drug-likeness (QED) is 0.0285. The van der Waals surface area contributed by atoms with Crippen molar-refractivity contribution < 1.29 is 82.7 Å². The Morgan fingerprint density at radius 2 is 1.07 bits per heavy atom. The number of aliphatic carboxylic acids is 4. The molecule has 16 N–H and O–H groups in total. The number of carbonyl (C=O) groups excluding carboxylic acids is 8. The number of rotatable bonds is 35.